The van der Waals surface area contributed by atoms with Crippen LogP contribution in [0.15, 0.2) is 42.5 Å². The largest absolute Gasteiger partial charge is 0.376 e. The predicted molar refractivity (Wildman–Crippen MR) is 88.0 cm³/mol. The van der Waals surface area contributed by atoms with Crippen molar-refractivity contribution in [2.24, 2.45) is 5.73 Å². The zero-order valence-corrected chi connectivity index (χ0v) is 12.6. The van der Waals surface area contributed by atoms with Gasteiger partial charge in [0.1, 0.15) is 0 Å². The molecule has 0 fully saturated rings. The van der Waals surface area contributed by atoms with Gasteiger partial charge in [0.15, 0.2) is 0 Å². The Morgan fingerprint density at radius 2 is 1.68 bits per heavy atom. The fourth-order valence-electron chi connectivity index (χ4n) is 2.12. The van der Waals surface area contributed by atoms with Crippen molar-refractivity contribution in [3.05, 3.63) is 59.2 Å². The summed E-state index contributed by atoms with van der Waals surface area (Å²) in [5.74, 6) is -0.812. The van der Waals surface area contributed by atoms with Crippen molar-refractivity contribution in [2.45, 2.75) is 13.8 Å². The van der Waals surface area contributed by atoms with Crippen LogP contribution in [0.1, 0.15) is 21.5 Å². The molecule has 5 nitrogen and oxygen atoms in total. The van der Waals surface area contributed by atoms with Crippen LogP contribution in [0.2, 0.25) is 0 Å². The van der Waals surface area contributed by atoms with Gasteiger partial charge in [-0.25, -0.2) is 0 Å². The van der Waals surface area contributed by atoms with Gasteiger partial charge in [-0.15, -0.1) is 0 Å². The van der Waals surface area contributed by atoms with Crippen LogP contribution in [-0.2, 0) is 4.79 Å². The van der Waals surface area contributed by atoms with Crippen LogP contribution in [0.5, 0.6) is 0 Å². The van der Waals surface area contributed by atoms with Crippen LogP contribution >= 0.6 is 0 Å². The number of benzene rings is 2. The second-order valence-electron chi connectivity index (χ2n) is 5.06. The van der Waals surface area contributed by atoms with E-state index in [0.717, 1.165) is 16.8 Å². The third-order valence-electron chi connectivity index (χ3n) is 3.51. The Morgan fingerprint density at radius 3 is 2.41 bits per heavy atom. The molecule has 2 aromatic carbocycles. The summed E-state index contributed by atoms with van der Waals surface area (Å²) in [7, 11) is 0. The molecule has 0 radical (unpaired) electrons. The fraction of sp³-hybridized carbons (Fsp3) is 0.176. The molecule has 0 aliphatic carbocycles. The highest BCUT2D eigenvalue weighted by molar-refractivity contribution is 6.03. The number of anilines is 2. The van der Waals surface area contributed by atoms with E-state index in [9.17, 15) is 9.59 Å². The van der Waals surface area contributed by atoms with Gasteiger partial charge in [0, 0.05) is 5.69 Å². The Hall–Kier alpha value is -2.82. The molecule has 0 atom stereocenters. The standard InChI is InChI=1S/C17H19N3O2/c1-11-6-5-9-14(12(11)2)19-10-16(21)20-15-8-4-3-7-13(15)17(18)22/h3-9,19H,10H2,1-2H3,(H2,18,22)(H,20,21). The number of aryl methyl sites for hydroxylation is 1. The van der Waals surface area contributed by atoms with Gasteiger partial charge in [-0.2, -0.15) is 0 Å². The number of carbonyl (C=O) groups is 2. The number of para-hydroxylation sites is 1. The quantitative estimate of drug-likeness (QED) is 0.792. The van der Waals surface area contributed by atoms with Crippen LogP contribution in [0.3, 0.4) is 0 Å². The molecule has 0 aliphatic rings. The first-order valence-electron chi connectivity index (χ1n) is 6.98. The number of primary amides is 1. The van der Waals surface area contributed by atoms with E-state index in [4.69, 9.17) is 5.73 Å². The summed E-state index contributed by atoms with van der Waals surface area (Å²) in [5.41, 5.74) is 9.18. The molecule has 0 aliphatic heterocycles. The summed E-state index contributed by atoms with van der Waals surface area (Å²) in [6.45, 7) is 4.12. The van der Waals surface area contributed by atoms with E-state index < -0.39 is 5.91 Å². The summed E-state index contributed by atoms with van der Waals surface area (Å²) in [4.78, 5) is 23.4. The highest BCUT2D eigenvalue weighted by atomic mass is 16.2. The Bertz CT molecular complexity index is 711. The number of nitrogens with two attached hydrogens (primary N) is 1. The number of nitrogens with one attached hydrogen (secondary N) is 2. The lowest BCUT2D eigenvalue weighted by Crippen LogP contribution is -2.24. The molecule has 0 heterocycles. The number of amides is 2. The Labute approximate surface area is 129 Å². The summed E-state index contributed by atoms with van der Waals surface area (Å²) >= 11 is 0. The lowest BCUT2D eigenvalue weighted by Gasteiger charge is -2.12. The Kier molecular flexibility index (Phi) is 4.78. The van der Waals surface area contributed by atoms with Crippen LogP contribution in [0, 0.1) is 13.8 Å². The highest BCUT2D eigenvalue weighted by Gasteiger charge is 2.10. The molecule has 0 aromatic heterocycles. The predicted octanol–water partition coefficient (Wildman–Crippen LogP) is 2.45. The average molecular weight is 297 g/mol. The maximum absolute atomic E-state index is 12.0. The summed E-state index contributed by atoms with van der Waals surface area (Å²) in [5, 5.41) is 5.79. The van der Waals surface area contributed by atoms with Crippen LogP contribution < -0.4 is 16.4 Å². The smallest absolute Gasteiger partial charge is 0.250 e. The average Bonchev–Trinajstić information content (AvgIpc) is 2.49. The lowest BCUT2D eigenvalue weighted by molar-refractivity contribution is -0.114. The molecule has 0 unspecified atom stereocenters. The number of carbonyl (C=O) groups excluding carboxylic acids is 2. The Balaban J connectivity index is 2.02. The molecule has 0 saturated carbocycles. The summed E-state index contributed by atoms with van der Waals surface area (Å²) in [6.07, 6.45) is 0. The van der Waals surface area contributed by atoms with Gasteiger partial charge in [-0.05, 0) is 43.2 Å². The van der Waals surface area contributed by atoms with Crippen LogP contribution in [0.25, 0.3) is 0 Å². The number of hydrogen-bond donors (Lipinski definition) is 3. The molecule has 0 spiro atoms. The minimum atomic E-state index is -0.571. The van der Waals surface area contributed by atoms with Gasteiger partial charge in [0.05, 0.1) is 17.8 Å². The lowest BCUT2D eigenvalue weighted by atomic mass is 10.1. The van der Waals surface area contributed by atoms with Crippen molar-refractivity contribution in [3.63, 3.8) is 0 Å². The van der Waals surface area contributed by atoms with E-state index >= 15 is 0 Å². The van der Waals surface area contributed by atoms with Gasteiger partial charge in [0.25, 0.3) is 5.91 Å². The minimum absolute atomic E-state index is 0.109. The van der Waals surface area contributed by atoms with Gasteiger partial charge < -0.3 is 16.4 Å². The topological polar surface area (TPSA) is 84.2 Å². The maximum atomic E-state index is 12.0. The van der Waals surface area contributed by atoms with Crippen molar-refractivity contribution < 1.29 is 9.59 Å². The molecule has 2 rings (SSSR count). The fourth-order valence-corrected chi connectivity index (χ4v) is 2.12. The monoisotopic (exact) mass is 297 g/mol. The first kappa shape index (κ1) is 15.6. The molecular formula is C17H19N3O2. The maximum Gasteiger partial charge on any atom is 0.250 e. The molecule has 5 heteroatoms. The normalized spacial score (nSPS) is 10.1. The van der Waals surface area contributed by atoms with Crippen molar-refractivity contribution in [1.82, 2.24) is 0 Å². The van der Waals surface area contributed by atoms with Crippen LogP contribution in [0.4, 0.5) is 11.4 Å². The first-order valence-corrected chi connectivity index (χ1v) is 6.98. The van der Waals surface area contributed by atoms with E-state index in [1.165, 1.54) is 0 Å². The molecule has 0 bridgehead atoms. The number of hydrogen-bond acceptors (Lipinski definition) is 3. The third-order valence-corrected chi connectivity index (χ3v) is 3.51. The van der Waals surface area contributed by atoms with Crippen molar-refractivity contribution in [3.8, 4) is 0 Å². The first-order chi connectivity index (χ1) is 10.5. The van der Waals surface area contributed by atoms with E-state index in [2.05, 4.69) is 10.6 Å². The zero-order valence-electron chi connectivity index (χ0n) is 12.6. The molecule has 114 valence electrons. The summed E-state index contributed by atoms with van der Waals surface area (Å²) < 4.78 is 0. The molecule has 0 saturated heterocycles. The van der Waals surface area contributed by atoms with Gasteiger partial charge in [-0.3, -0.25) is 9.59 Å². The van der Waals surface area contributed by atoms with E-state index in [1.54, 1.807) is 24.3 Å². The van der Waals surface area contributed by atoms with Gasteiger partial charge in [0.2, 0.25) is 5.91 Å². The second kappa shape index (κ2) is 6.76. The second-order valence-corrected chi connectivity index (χ2v) is 5.06. The zero-order chi connectivity index (χ0) is 16.1. The molecular weight excluding hydrogens is 278 g/mol. The third kappa shape index (κ3) is 3.63. The molecule has 2 amide bonds. The number of rotatable bonds is 5. The van der Waals surface area contributed by atoms with E-state index in [-0.39, 0.29) is 12.5 Å². The molecule has 22 heavy (non-hydrogen) atoms. The van der Waals surface area contributed by atoms with Crippen LogP contribution in [-0.4, -0.2) is 18.4 Å². The van der Waals surface area contributed by atoms with Crippen molar-refractivity contribution in [1.29, 1.82) is 0 Å². The molecule has 2 aromatic rings. The van der Waals surface area contributed by atoms with Gasteiger partial charge in [-0.1, -0.05) is 24.3 Å². The van der Waals surface area contributed by atoms with Gasteiger partial charge >= 0.3 is 0 Å². The SMILES string of the molecule is Cc1cccc(NCC(=O)Nc2ccccc2C(N)=O)c1C. The van der Waals surface area contributed by atoms with E-state index in [0.29, 0.717) is 11.3 Å². The van der Waals surface area contributed by atoms with Crippen molar-refractivity contribution >= 4 is 23.2 Å². The Morgan fingerprint density at radius 1 is 1.00 bits per heavy atom. The molecule has 4 N–H and O–H groups in total. The van der Waals surface area contributed by atoms with E-state index in [1.807, 2.05) is 32.0 Å². The minimum Gasteiger partial charge on any atom is -0.376 e. The van der Waals surface area contributed by atoms with Crippen molar-refractivity contribution in [2.75, 3.05) is 17.2 Å². The highest BCUT2D eigenvalue weighted by Crippen LogP contribution is 2.18. The summed E-state index contributed by atoms with van der Waals surface area (Å²) in [6, 6.07) is 12.5.